The number of rotatable bonds is 6. The highest BCUT2D eigenvalue weighted by Crippen LogP contribution is 2.25. The SMILES string of the molecule is O=C(O)c1ccccc1OCCNc1ccc(Br)cc1Cl. The van der Waals surface area contributed by atoms with Crippen LogP contribution in [0.2, 0.25) is 5.02 Å². The zero-order chi connectivity index (χ0) is 15.2. The highest BCUT2D eigenvalue weighted by atomic mass is 79.9. The smallest absolute Gasteiger partial charge is 0.339 e. The fraction of sp³-hybridized carbons (Fsp3) is 0.133. The van der Waals surface area contributed by atoms with E-state index in [1.165, 1.54) is 6.07 Å². The highest BCUT2D eigenvalue weighted by Gasteiger charge is 2.09. The molecule has 4 nitrogen and oxygen atoms in total. The minimum atomic E-state index is -1.01. The van der Waals surface area contributed by atoms with Gasteiger partial charge < -0.3 is 15.2 Å². The molecule has 0 radical (unpaired) electrons. The Morgan fingerprint density at radius 1 is 1.29 bits per heavy atom. The van der Waals surface area contributed by atoms with Gasteiger partial charge in [0.2, 0.25) is 0 Å². The van der Waals surface area contributed by atoms with Crippen molar-refractivity contribution in [2.24, 2.45) is 0 Å². The maximum atomic E-state index is 11.0. The second kappa shape index (κ2) is 7.33. The van der Waals surface area contributed by atoms with Crippen LogP contribution in [-0.2, 0) is 0 Å². The molecule has 2 aromatic carbocycles. The van der Waals surface area contributed by atoms with Crippen LogP contribution in [0.25, 0.3) is 0 Å². The summed E-state index contributed by atoms with van der Waals surface area (Å²) in [5, 5.41) is 12.8. The van der Waals surface area contributed by atoms with E-state index in [0.717, 1.165) is 10.2 Å². The van der Waals surface area contributed by atoms with Gasteiger partial charge in [0.15, 0.2) is 0 Å². The van der Waals surface area contributed by atoms with E-state index >= 15 is 0 Å². The van der Waals surface area contributed by atoms with Gasteiger partial charge in [-0.25, -0.2) is 4.79 Å². The largest absolute Gasteiger partial charge is 0.491 e. The van der Waals surface area contributed by atoms with Gasteiger partial charge in [0.05, 0.1) is 10.7 Å². The molecule has 0 heterocycles. The number of hydrogen-bond donors (Lipinski definition) is 2. The van der Waals surface area contributed by atoms with Crippen LogP contribution >= 0.6 is 27.5 Å². The molecule has 2 N–H and O–H groups in total. The third-order valence-electron chi connectivity index (χ3n) is 2.72. The molecule has 6 heteroatoms. The lowest BCUT2D eigenvalue weighted by molar-refractivity contribution is 0.0692. The number of carbonyl (C=O) groups is 1. The van der Waals surface area contributed by atoms with E-state index < -0.39 is 5.97 Å². The Hall–Kier alpha value is -1.72. The molecular weight excluding hydrogens is 358 g/mol. The number of nitrogens with one attached hydrogen (secondary N) is 1. The predicted octanol–water partition coefficient (Wildman–Crippen LogP) is 4.29. The molecule has 0 bridgehead atoms. The second-order valence-corrected chi connectivity index (χ2v) is 5.52. The summed E-state index contributed by atoms with van der Waals surface area (Å²) in [5.41, 5.74) is 0.953. The summed E-state index contributed by atoms with van der Waals surface area (Å²) in [6, 6.07) is 12.1. The predicted molar refractivity (Wildman–Crippen MR) is 86.5 cm³/mol. The molecular formula is C15H13BrClNO3. The summed E-state index contributed by atoms with van der Waals surface area (Å²) in [4.78, 5) is 11.0. The summed E-state index contributed by atoms with van der Waals surface area (Å²) in [6.07, 6.45) is 0. The fourth-order valence-electron chi connectivity index (χ4n) is 1.75. The monoisotopic (exact) mass is 369 g/mol. The Kier molecular flexibility index (Phi) is 5.47. The van der Waals surface area contributed by atoms with E-state index in [2.05, 4.69) is 21.2 Å². The number of halogens is 2. The number of carboxylic acid groups (broad SMARTS) is 1. The molecule has 0 aliphatic carbocycles. The molecule has 2 aromatic rings. The zero-order valence-corrected chi connectivity index (χ0v) is 13.3. The average Bonchev–Trinajstić information content (AvgIpc) is 2.45. The van der Waals surface area contributed by atoms with Crippen molar-refractivity contribution in [1.82, 2.24) is 0 Å². The van der Waals surface area contributed by atoms with Gasteiger partial charge in [-0.15, -0.1) is 0 Å². The molecule has 0 atom stereocenters. The minimum Gasteiger partial charge on any atom is -0.491 e. The molecule has 0 aliphatic heterocycles. The Balaban J connectivity index is 1.89. The second-order valence-electron chi connectivity index (χ2n) is 4.20. The number of para-hydroxylation sites is 1. The average molecular weight is 371 g/mol. The van der Waals surface area contributed by atoms with E-state index in [4.69, 9.17) is 21.4 Å². The first kappa shape index (κ1) is 15.7. The van der Waals surface area contributed by atoms with Crippen LogP contribution in [0.4, 0.5) is 5.69 Å². The molecule has 0 amide bonds. The van der Waals surface area contributed by atoms with Crippen LogP contribution in [-0.4, -0.2) is 24.2 Å². The number of ether oxygens (including phenoxy) is 1. The van der Waals surface area contributed by atoms with Gasteiger partial charge in [0, 0.05) is 11.0 Å². The number of hydrogen-bond acceptors (Lipinski definition) is 3. The van der Waals surface area contributed by atoms with E-state index in [1.54, 1.807) is 24.3 Å². The Labute approximate surface area is 135 Å². The first-order chi connectivity index (χ1) is 10.1. The maximum Gasteiger partial charge on any atom is 0.339 e. The molecule has 0 aliphatic rings. The topological polar surface area (TPSA) is 58.6 Å². The lowest BCUT2D eigenvalue weighted by Crippen LogP contribution is -2.13. The van der Waals surface area contributed by atoms with Crippen molar-refractivity contribution in [3.63, 3.8) is 0 Å². The van der Waals surface area contributed by atoms with E-state index in [0.29, 0.717) is 23.9 Å². The van der Waals surface area contributed by atoms with Crippen molar-refractivity contribution in [3.8, 4) is 5.75 Å². The maximum absolute atomic E-state index is 11.0. The van der Waals surface area contributed by atoms with Gasteiger partial charge in [0.25, 0.3) is 0 Å². The lowest BCUT2D eigenvalue weighted by Gasteiger charge is -2.11. The first-order valence-electron chi connectivity index (χ1n) is 6.22. The fourth-order valence-corrected chi connectivity index (χ4v) is 2.49. The van der Waals surface area contributed by atoms with Crippen LogP contribution in [0.15, 0.2) is 46.9 Å². The Bertz CT molecular complexity index is 649. The summed E-state index contributed by atoms with van der Waals surface area (Å²) >= 11 is 9.42. The van der Waals surface area contributed by atoms with Crippen LogP contribution < -0.4 is 10.1 Å². The van der Waals surface area contributed by atoms with E-state index in [1.807, 2.05) is 12.1 Å². The Morgan fingerprint density at radius 3 is 2.76 bits per heavy atom. The number of anilines is 1. The van der Waals surface area contributed by atoms with Gasteiger partial charge >= 0.3 is 5.97 Å². The van der Waals surface area contributed by atoms with Gasteiger partial charge in [-0.05, 0) is 30.3 Å². The molecule has 0 unspecified atom stereocenters. The van der Waals surface area contributed by atoms with Crippen LogP contribution in [0.1, 0.15) is 10.4 Å². The van der Waals surface area contributed by atoms with Gasteiger partial charge in [-0.3, -0.25) is 0 Å². The normalized spacial score (nSPS) is 10.2. The minimum absolute atomic E-state index is 0.152. The Morgan fingerprint density at radius 2 is 2.05 bits per heavy atom. The van der Waals surface area contributed by atoms with Crippen molar-refractivity contribution in [3.05, 3.63) is 57.5 Å². The summed E-state index contributed by atoms with van der Waals surface area (Å²) < 4.78 is 6.40. The van der Waals surface area contributed by atoms with Crippen LogP contribution in [0.5, 0.6) is 5.75 Å². The van der Waals surface area contributed by atoms with Crippen molar-refractivity contribution in [1.29, 1.82) is 0 Å². The van der Waals surface area contributed by atoms with Crippen LogP contribution in [0.3, 0.4) is 0 Å². The van der Waals surface area contributed by atoms with Crippen molar-refractivity contribution in [2.75, 3.05) is 18.5 Å². The highest BCUT2D eigenvalue weighted by molar-refractivity contribution is 9.10. The molecule has 0 saturated carbocycles. The van der Waals surface area contributed by atoms with Gasteiger partial charge in [-0.2, -0.15) is 0 Å². The van der Waals surface area contributed by atoms with Crippen molar-refractivity contribution in [2.45, 2.75) is 0 Å². The molecule has 0 fully saturated rings. The molecule has 110 valence electrons. The zero-order valence-electron chi connectivity index (χ0n) is 11.0. The molecule has 0 saturated heterocycles. The van der Waals surface area contributed by atoms with E-state index in [9.17, 15) is 4.79 Å². The summed E-state index contributed by atoms with van der Waals surface area (Å²) in [5.74, 6) is -0.650. The number of benzene rings is 2. The molecule has 2 rings (SSSR count). The third kappa shape index (κ3) is 4.37. The van der Waals surface area contributed by atoms with Crippen molar-refractivity contribution >= 4 is 39.2 Å². The van der Waals surface area contributed by atoms with Crippen LogP contribution in [0, 0.1) is 0 Å². The lowest BCUT2D eigenvalue weighted by atomic mass is 10.2. The third-order valence-corrected chi connectivity index (χ3v) is 3.53. The standard InChI is InChI=1S/C15H13BrClNO3/c16-10-5-6-13(12(17)9-10)18-7-8-21-14-4-2-1-3-11(14)15(19)20/h1-6,9,18H,7-8H2,(H,19,20). The summed E-state index contributed by atoms with van der Waals surface area (Å²) in [7, 11) is 0. The quantitative estimate of drug-likeness (QED) is 0.745. The van der Waals surface area contributed by atoms with Gasteiger partial charge in [-0.1, -0.05) is 39.7 Å². The first-order valence-corrected chi connectivity index (χ1v) is 7.39. The number of carboxylic acids is 1. The van der Waals surface area contributed by atoms with Crippen molar-refractivity contribution < 1.29 is 14.6 Å². The van der Waals surface area contributed by atoms with Gasteiger partial charge in [0.1, 0.15) is 17.9 Å². The molecule has 0 spiro atoms. The number of aromatic carboxylic acids is 1. The molecule has 0 aromatic heterocycles. The molecule has 21 heavy (non-hydrogen) atoms. The van der Waals surface area contributed by atoms with E-state index in [-0.39, 0.29) is 5.56 Å². The summed E-state index contributed by atoms with van der Waals surface area (Å²) in [6.45, 7) is 0.839.